The zero-order valence-corrected chi connectivity index (χ0v) is 17.7. The largest absolute Gasteiger partial charge is 0.350 e. The molecule has 2 bridgehead atoms. The molecule has 3 aliphatic heterocycles. The zero-order valence-electron chi connectivity index (χ0n) is 17.7. The lowest BCUT2D eigenvalue weighted by molar-refractivity contribution is -0.0371. The van der Waals surface area contributed by atoms with E-state index < -0.39 is 0 Å². The van der Waals surface area contributed by atoms with Gasteiger partial charge >= 0.3 is 0 Å². The molecule has 1 amide bonds. The summed E-state index contributed by atoms with van der Waals surface area (Å²) in [6.45, 7) is 6.03. The molecule has 3 fully saturated rings. The normalized spacial score (nSPS) is 30.8. The molecule has 0 saturated carbocycles. The zero-order chi connectivity index (χ0) is 20.2. The molecule has 4 aliphatic rings. The van der Waals surface area contributed by atoms with Gasteiger partial charge in [-0.05, 0) is 82.5 Å². The number of aromatic nitrogens is 2. The highest BCUT2D eigenvalue weighted by molar-refractivity contribution is 6.07. The quantitative estimate of drug-likeness (QED) is 0.809. The van der Waals surface area contributed by atoms with Gasteiger partial charge in [0.2, 0.25) is 0 Å². The number of pyridine rings is 1. The van der Waals surface area contributed by atoms with Crippen LogP contribution in [0.25, 0.3) is 11.1 Å². The van der Waals surface area contributed by atoms with Crippen LogP contribution in [0.1, 0.15) is 59.4 Å². The maximum absolute atomic E-state index is 13.5. The van der Waals surface area contributed by atoms with Crippen molar-refractivity contribution in [1.29, 1.82) is 0 Å². The van der Waals surface area contributed by atoms with Gasteiger partial charge in [0.15, 0.2) is 0 Å². The van der Waals surface area contributed by atoms with Gasteiger partial charge in [-0.25, -0.2) is 4.98 Å². The van der Waals surface area contributed by atoms with Gasteiger partial charge in [-0.3, -0.25) is 9.69 Å². The molecule has 0 radical (unpaired) electrons. The molecule has 160 valence electrons. The third-order valence-electron chi connectivity index (χ3n) is 8.05. The molecular weight excluding hydrogens is 378 g/mol. The number of hydrogen-bond donors (Lipinski definition) is 2. The predicted octanol–water partition coefficient (Wildman–Crippen LogP) is 2.21. The predicted molar refractivity (Wildman–Crippen MR) is 113 cm³/mol. The van der Waals surface area contributed by atoms with Crippen LogP contribution in [0.3, 0.4) is 0 Å². The van der Waals surface area contributed by atoms with Crippen molar-refractivity contribution in [2.45, 2.75) is 64.0 Å². The maximum atomic E-state index is 13.5. The SMILES string of the molecule is Cc1noc2nc3c(c(C(=O)NC[C@H]4[C@@H]5CNC[C@@H](C5)[C@@H]5CCCCN54)c12)CCC3. The smallest absolute Gasteiger partial charge is 0.259 e. The van der Waals surface area contributed by atoms with Gasteiger partial charge in [0.25, 0.3) is 11.6 Å². The Balaban J connectivity index is 1.28. The Labute approximate surface area is 176 Å². The van der Waals surface area contributed by atoms with Crippen LogP contribution in [0.4, 0.5) is 0 Å². The minimum atomic E-state index is 0.0197. The molecule has 3 saturated heterocycles. The van der Waals surface area contributed by atoms with E-state index in [4.69, 9.17) is 4.52 Å². The minimum Gasteiger partial charge on any atom is -0.350 e. The maximum Gasteiger partial charge on any atom is 0.259 e. The Morgan fingerprint density at radius 1 is 1.23 bits per heavy atom. The van der Waals surface area contributed by atoms with Gasteiger partial charge in [-0.1, -0.05) is 11.6 Å². The van der Waals surface area contributed by atoms with E-state index in [9.17, 15) is 4.79 Å². The first-order valence-electron chi connectivity index (χ1n) is 11.7. The van der Waals surface area contributed by atoms with Gasteiger partial charge in [-0.2, -0.15) is 0 Å². The summed E-state index contributed by atoms with van der Waals surface area (Å²) in [6, 6.07) is 1.11. The van der Waals surface area contributed by atoms with Crippen molar-refractivity contribution in [3.63, 3.8) is 0 Å². The number of aryl methyl sites for hydroxylation is 2. The lowest BCUT2D eigenvalue weighted by atomic mass is 9.73. The second-order valence-electron chi connectivity index (χ2n) is 9.71. The first-order valence-corrected chi connectivity index (χ1v) is 11.7. The number of carbonyl (C=O) groups excluding carboxylic acids is 1. The van der Waals surface area contributed by atoms with Crippen molar-refractivity contribution in [2.75, 3.05) is 26.2 Å². The molecule has 0 unspecified atom stereocenters. The Bertz CT molecular complexity index is 986. The van der Waals surface area contributed by atoms with Crippen LogP contribution < -0.4 is 10.6 Å². The molecule has 1 aliphatic carbocycles. The number of nitrogens with zero attached hydrogens (tertiary/aromatic N) is 3. The number of nitrogens with one attached hydrogen (secondary N) is 2. The second kappa shape index (κ2) is 7.31. The van der Waals surface area contributed by atoms with E-state index in [1.54, 1.807) is 0 Å². The van der Waals surface area contributed by atoms with Crippen molar-refractivity contribution < 1.29 is 9.32 Å². The fraction of sp³-hybridized carbons (Fsp3) is 0.696. The molecule has 7 nitrogen and oxygen atoms in total. The van der Waals surface area contributed by atoms with Crippen LogP contribution >= 0.6 is 0 Å². The fourth-order valence-electron chi connectivity index (χ4n) is 6.70. The van der Waals surface area contributed by atoms with Crippen molar-refractivity contribution in [3.05, 3.63) is 22.5 Å². The number of amides is 1. The molecule has 2 aromatic rings. The molecular formula is C23H31N5O2. The average molecular weight is 410 g/mol. The molecule has 5 heterocycles. The van der Waals surface area contributed by atoms with E-state index in [2.05, 4.69) is 25.7 Å². The summed E-state index contributed by atoms with van der Waals surface area (Å²) in [4.78, 5) is 20.9. The highest BCUT2D eigenvalue weighted by atomic mass is 16.5. The molecule has 7 heteroatoms. The lowest BCUT2D eigenvalue weighted by Gasteiger charge is -2.55. The Hall–Kier alpha value is -1.99. The number of rotatable bonds is 3. The number of fused-ring (bicyclic) bond motifs is 6. The summed E-state index contributed by atoms with van der Waals surface area (Å²) in [5.41, 5.74) is 4.13. The fourth-order valence-corrected chi connectivity index (χ4v) is 6.70. The number of hydrogen-bond acceptors (Lipinski definition) is 6. The van der Waals surface area contributed by atoms with Crippen LogP contribution in [-0.2, 0) is 12.8 Å². The van der Waals surface area contributed by atoms with E-state index in [1.165, 1.54) is 32.2 Å². The van der Waals surface area contributed by atoms with E-state index in [-0.39, 0.29) is 5.91 Å². The highest BCUT2D eigenvalue weighted by Gasteiger charge is 2.45. The van der Waals surface area contributed by atoms with Crippen LogP contribution in [0, 0.1) is 18.8 Å². The standard InChI is InChI=1S/C23H31N5O2/c1-13-20-21(16-5-4-6-17(16)26-23(20)30-27-13)22(29)25-12-19-15-9-14(10-24-11-15)18-7-2-3-8-28(18)19/h14-15,18-19,24H,2-12H2,1H3,(H,25,29)/t14-,15+,18+,19+/m1/s1. The summed E-state index contributed by atoms with van der Waals surface area (Å²) >= 11 is 0. The first kappa shape index (κ1) is 18.8. The van der Waals surface area contributed by atoms with Crippen LogP contribution in [-0.4, -0.2) is 59.2 Å². The lowest BCUT2D eigenvalue weighted by Crippen LogP contribution is -2.65. The number of piperidine rings is 3. The Morgan fingerprint density at radius 3 is 3.07 bits per heavy atom. The van der Waals surface area contributed by atoms with Crippen LogP contribution in [0.5, 0.6) is 0 Å². The second-order valence-corrected chi connectivity index (χ2v) is 9.71. The summed E-state index contributed by atoms with van der Waals surface area (Å²) in [7, 11) is 0. The molecule has 4 atom stereocenters. The average Bonchev–Trinajstić information content (AvgIpc) is 3.39. The van der Waals surface area contributed by atoms with E-state index in [1.807, 2.05) is 6.92 Å². The van der Waals surface area contributed by atoms with Crippen molar-refractivity contribution in [3.8, 4) is 0 Å². The van der Waals surface area contributed by atoms with Crippen LogP contribution in [0.2, 0.25) is 0 Å². The van der Waals surface area contributed by atoms with E-state index in [0.717, 1.165) is 72.7 Å². The first-order chi connectivity index (χ1) is 14.7. The molecule has 0 spiro atoms. The molecule has 2 N–H and O–H groups in total. The highest BCUT2D eigenvalue weighted by Crippen LogP contribution is 2.39. The molecule has 0 aromatic carbocycles. The van der Waals surface area contributed by atoms with Gasteiger partial charge in [0, 0.05) is 24.3 Å². The summed E-state index contributed by atoms with van der Waals surface area (Å²) in [5, 5.41) is 11.9. The summed E-state index contributed by atoms with van der Waals surface area (Å²) in [6.07, 6.45) is 8.11. The van der Waals surface area contributed by atoms with Crippen molar-refractivity contribution >= 4 is 17.0 Å². The Kier molecular flexibility index (Phi) is 4.57. The number of carbonyl (C=O) groups is 1. The monoisotopic (exact) mass is 409 g/mol. The minimum absolute atomic E-state index is 0.0197. The van der Waals surface area contributed by atoms with Crippen molar-refractivity contribution in [1.82, 2.24) is 25.7 Å². The third-order valence-corrected chi connectivity index (χ3v) is 8.05. The molecule has 30 heavy (non-hydrogen) atoms. The van der Waals surface area contributed by atoms with Gasteiger partial charge in [0.05, 0.1) is 16.6 Å². The van der Waals surface area contributed by atoms with E-state index in [0.29, 0.717) is 23.7 Å². The molecule has 6 rings (SSSR count). The van der Waals surface area contributed by atoms with Gasteiger partial charge < -0.3 is 15.2 Å². The summed E-state index contributed by atoms with van der Waals surface area (Å²) < 4.78 is 5.43. The van der Waals surface area contributed by atoms with Crippen molar-refractivity contribution in [2.24, 2.45) is 11.8 Å². The van der Waals surface area contributed by atoms with E-state index >= 15 is 0 Å². The van der Waals surface area contributed by atoms with Crippen LogP contribution in [0.15, 0.2) is 4.52 Å². The van der Waals surface area contributed by atoms with Gasteiger partial charge in [0.1, 0.15) is 0 Å². The third kappa shape index (κ3) is 2.89. The topological polar surface area (TPSA) is 83.3 Å². The molecule has 2 aromatic heterocycles. The Morgan fingerprint density at radius 2 is 2.13 bits per heavy atom. The van der Waals surface area contributed by atoms with Gasteiger partial charge in [-0.15, -0.1) is 0 Å². The summed E-state index contributed by atoms with van der Waals surface area (Å²) in [5.74, 6) is 1.42.